The molecule has 7 heteroatoms. The first kappa shape index (κ1) is 25.4. The molecule has 0 spiro atoms. The van der Waals surface area contributed by atoms with Gasteiger partial charge in [0.25, 0.3) is 0 Å². The van der Waals surface area contributed by atoms with Crippen molar-refractivity contribution in [2.24, 2.45) is 5.92 Å². The zero-order valence-electron chi connectivity index (χ0n) is 23.0. The Hall–Kier alpha value is -3.87. The maximum absolute atomic E-state index is 13.2. The monoisotopic (exact) mass is 525 g/mol. The molecule has 0 N–H and O–H groups in total. The van der Waals surface area contributed by atoms with Gasteiger partial charge in [0.2, 0.25) is 0 Å². The summed E-state index contributed by atoms with van der Waals surface area (Å²) in [5.74, 6) is 1.99. The Morgan fingerprint density at radius 2 is 1.79 bits per heavy atom. The fourth-order valence-corrected chi connectivity index (χ4v) is 5.99. The number of aryl methyl sites for hydroxylation is 2. The summed E-state index contributed by atoms with van der Waals surface area (Å²) in [6.45, 7) is 8.46. The van der Waals surface area contributed by atoms with Crippen LogP contribution < -0.4 is 9.64 Å². The molecule has 2 aromatic carbocycles. The summed E-state index contributed by atoms with van der Waals surface area (Å²) in [4.78, 5) is 33.7. The zero-order valence-corrected chi connectivity index (χ0v) is 23.0. The first-order valence-corrected chi connectivity index (χ1v) is 13.8. The number of hydrogen-bond acceptors (Lipinski definition) is 6. The molecule has 3 heterocycles. The molecule has 1 aromatic heterocycles. The summed E-state index contributed by atoms with van der Waals surface area (Å²) >= 11 is 0. The fraction of sp³-hybridized carbons (Fsp3) is 0.406. The Kier molecular flexibility index (Phi) is 6.53. The van der Waals surface area contributed by atoms with Crippen molar-refractivity contribution in [2.75, 3.05) is 25.1 Å². The van der Waals surface area contributed by atoms with E-state index in [1.54, 1.807) is 12.0 Å². The maximum Gasteiger partial charge on any atom is 0.411 e. The van der Waals surface area contributed by atoms with Crippen molar-refractivity contribution in [1.82, 2.24) is 9.88 Å². The van der Waals surface area contributed by atoms with Gasteiger partial charge in [0.15, 0.2) is 0 Å². The Bertz CT molecular complexity index is 1410. The number of nitrogens with zero attached hydrogens (tertiary/aromatic N) is 3. The Morgan fingerprint density at radius 1 is 1.03 bits per heavy atom. The van der Waals surface area contributed by atoms with Gasteiger partial charge in [0.1, 0.15) is 24.0 Å². The minimum atomic E-state index is -0.342. The summed E-state index contributed by atoms with van der Waals surface area (Å²) in [5, 5.41) is 0. The van der Waals surface area contributed by atoms with E-state index in [0.717, 1.165) is 82.9 Å². The van der Waals surface area contributed by atoms with E-state index in [0.29, 0.717) is 6.54 Å². The lowest BCUT2D eigenvalue weighted by Crippen LogP contribution is -2.38. The predicted octanol–water partition coefficient (Wildman–Crippen LogP) is 5.97. The summed E-state index contributed by atoms with van der Waals surface area (Å²) in [5.41, 5.74) is 7.11. The number of benzene rings is 2. The van der Waals surface area contributed by atoms with Gasteiger partial charge < -0.3 is 19.2 Å². The number of amides is 1. The molecule has 4 atom stereocenters. The highest BCUT2D eigenvalue weighted by molar-refractivity contribution is 5.76. The van der Waals surface area contributed by atoms with Gasteiger partial charge in [0, 0.05) is 30.1 Å². The first-order valence-electron chi connectivity index (χ1n) is 13.8. The SMILES string of the molecule is COc1ccc([C@@H]2C[C@H]2C=O)cc1-c1ccc(N2CCC2)nc1CN1C(=O)O[C@H](c2cc(C)cc(C)c2)[C@@H]1C. The van der Waals surface area contributed by atoms with Crippen LogP contribution in [-0.4, -0.2) is 48.5 Å². The van der Waals surface area contributed by atoms with Crippen molar-refractivity contribution in [1.29, 1.82) is 0 Å². The molecule has 0 unspecified atom stereocenters. The number of ether oxygens (including phenoxy) is 2. The molecule has 202 valence electrons. The maximum atomic E-state index is 13.2. The Morgan fingerprint density at radius 3 is 2.44 bits per heavy atom. The molecule has 1 saturated carbocycles. The van der Waals surface area contributed by atoms with Gasteiger partial charge >= 0.3 is 6.09 Å². The van der Waals surface area contributed by atoms with Crippen molar-refractivity contribution in [3.63, 3.8) is 0 Å². The van der Waals surface area contributed by atoms with Crippen molar-refractivity contribution in [2.45, 2.75) is 58.2 Å². The van der Waals surface area contributed by atoms with Crippen LogP contribution in [0.4, 0.5) is 10.6 Å². The van der Waals surface area contributed by atoms with Gasteiger partial charge in [0.05, 0.1) is 25.4 Å². The van der Waals surface area contributed by atoms with Crippen molar-refractivity contribution < 1.29 is 19.1 Å². The van der Waals surface area contributed by atoms with Crippen LogP contribution >= 0.6 is 0 Å². The summed E-state index contributed by atoms with van der Waals surface area (Å²) in [6.07, 6.45) is 2.41. The van der Waals surface area contributed by atoms with Gasteiger partial charge in [-0.1, -0.05) is 35.4 Å². The molecule has 3 aromatic rings. The molecule has 0 radical (unpaired) electrons. The highest BCUT2D eigenvalue weighted by Crippen LogP contribution is 2.48. The number of anilines is 1. The van der Waals surface area contributed by atoms with Crippen LogP contribution in [-0.2, 0) is 16.1 Å². The first-order chi connectivity index (χ1) is 18.9. The van der Waals surface area contributed by atoms with E-state index in [1.807, 2.05) is 19.1 Å². The number of rotatable bonds is 8. The van der Waals surface area contributed by atoms with E-state index in [1.165, 1.54) is 0 Å². The minimum Gasteiger partial charge on any atom is -0.496 e. The van der Waals surface area contributed by atoms with E-state index in [-0.39, 0.29) is 30.1 Å². The van der Waals surface area contributed by atoms with Crippen molar-refractivity contribution in [3.05, 3.63) is 76.5 Å². The van der Waals surface area contributed by atoms with Crippen LogP contribution in [0.1, 0.15) is 59.7 Å². The van der Waals surface area contributed by atoms with Crippen molar-refractivity contribution >= 4 is 18.2 Å². The molecule has 1 aliphatic carbocycles. The molecular formula is C32H35N3O4. The molecular weight excluding hydrogens is 490 g/mol. The molecule has 6 rings (SSSR count). The standard InChI is InChI=1S/C32H35N3O4/c1-19-12-20(2)14-23(13-19)31-21(3)35(32(37)39-31)17-28-25(7-9-30(33-28)34-10-5-11-34)27-15-22(6-8-29(27)38-4)26-16-24(26)18-36/h6-9,12-15,18,21,24,26,31H,5,10-11,16-17H2,1-4H3/t21-,24-,26-,31-/m0/s1. The second-order valence-corrected chi connectivity index (χ2v) is 11.2. The van der Waals surface area contributed by atoms with Gasteiger partial charge in [-0.2, -0.15) is 0 Å². The minimum absolute atomic E-state index is 0.0834. The van der Waals surface area contributed by atoms with Gasteiger partial charge in [-0.15, -0.1) is 0 Å². The molecule has 0 bridgehead atoms. The number of methoxy groups -OCH3 is 1. The number of cyclic esters (lactones) is 1. The summed E-state index contributed by atoms with van der Waals surface area (Å²) in [6, 6.07) is 16.5. The molecule has 39 heavy (non-hydrogen) atoms. The van der Waals surface area contributed by atoms with Crippen LogP contribution in [0.15, 0.2) is 48.5 Å². The second-order valence-electron chi connectivity index (χ2n) is 11.2. The summed E-state index contributed by atoms with van der Waals surface area (Å²) in [7, 11) is 1.67. The largest absolute Gasteiger partial charge is 0.496 e. The van der Waals surface area contributed by atoms with Crippen LogP contribution in [0.3, 0.4) is 0 Å². The normalized spacial score (nSPS) is 23.8. The number of carbonyl (C=O) groups is 2. The van der Waals surface area contributed by atoms with Crippen molar-refractivity contribution in [3.8, 4) is 16.9 Å². The Balaban J connectivity index is 1.37. The average Bonchev–Trinajstić information content (AvgIpc) is 3.63. The third-order valence-corrected chi connectivity index (χ3v) is 8.38. The fourth-order valence-electron chi connectivity index (χ4n) is 5.99. The van der Waals surface area contributed by atoms with Gasteiger partial charge in [-0.05, 0) is 74.9 Å². The van der Waals surface area contributed by atoms with E-state index < -0.39 is 0 Å². The van der Waals surface area contributed by atoms with Crippen LogP contribution in [0.2, 0.25) is 0 Å². The second kappa shape index (κ2) is 10.0. The van der Waals surface area contributed by atoms with Gasteiger partial charge in [-0.3, -0.25) is 4.90 Å². The number of carbonyl (C=O) groups excluding carboxylic acids is 2. The van der Waals surface area contributed by atoms with E-state index in [9.17, 15) is 9.59 Å². The molecule has 2 saturated heterocycles. The molecule has 7 nitrogen and oxygen atoms in total. The Labute approximate surface area is 229 Å². The number of aromatic nitrogens is 1. The molecule has 2 aliphatic heterocycles. The van der Waals surface area contributed by atoms with Gasteiger partial charge in [-0.25, -0.2) is 9.78 Å². The lowest BCUT2D eigenvalue weighted by Gasteiger charge is -2.33. The van der Waals surface area contributed by atoms with E-state index in [2.05, 4.69) is 55.1 Å². The highest BCUT2D eigenvalue weighted by Gasteiger charge is 2.41. The smallest absolute Gasteiger partial charge is 0.411 e. The molecule has 1 amide bonds. The quantitative estimate of drug-likeness (QED) is 0.338. The highest BCUT2D eigenvalue weighted by atomic mass is 16.6. The third kappa shape index (κ3) is 4.75. The van der Waals surface area contributed by atoms with Crippen LogP contribution in [0.25, 0.3) is 11.1 Å². The van der Waals surface area contributed by atoms with Crippen LogP contribution in [0.5, 0.6) is 5.75 Å². The predicted molar refractivity (Wildman–Crippen MR) is 150 cm³/mol. The zero-order chi connectivity index (χ0) is 27.3. The molecule has 3 fully saturated rings. The average molecular weight is 526 g/mol. The number of hydrogen-bond donors (Lipinski definition) is 0. The van der Waals surface area contributed by atoms with Crippen LogP contribution in [0, 0.1) is 19.8 Å². The number of pyridine rings is 1. The summed E-state index contributed by atoms with van der Waals surface area (Å²) < 4.78 is 11.7. The van der Waals surface area contributed by atoms with E-state index >= 15 is 0 Å². The lowest BCUT2D eigenvalue weighted by atomic mass is 9.96. The number of aldehydes is 1. The third-order valence-electron chi connectivity index (χ3n) is 8.38. The molecule has 3 aliphatic rings. The topological polar surface area (TPSA) is 72.0 Å². The lowest BCUT2D eigenvalue weighted by molar-refractivity contribution is -0.108. The van der Waals surface area contributed by atoms with E-state index in [4.69, 9.17) is 14.5 Å².